The lowest BCUT2D eigenvalue weighted by atomic mass is 10.5. The Hall–Kier alpha value is -1.03. The molecule has 2 rings (SSSR count). The van der Waals surface area contributed by atoms with Gasteiger partial charge in [0.2, 0.25) is 5.95 Å². The van der Waals surface area contributed by atoms with Crippen molar-refractivity contribution in [2.45, 2.75) is 18.9 Å². The summed E-state index contributed by atoms with van der Waals surface area (Å²) in [4.78, 5) is 10.5. The average Bonchev–Trinajstić information content (AvgIpc) is 3.01. The first-order valence-corrected chi connectivity index (χ1v) is 5.03. The second-order valence-corrected chi connectivity index (χ2v) is 3.86. The number of halogens is 1. The first-order valence-electron chi connectivity index (χ1n) is 4.65. The van der Waals surface area contributed by atoms with Gasteiger partial charge in [-0.25, -0.2) is 4.98 Å². The van der Waals surface area contributed by atoms with Crippen LogP contribution in [0.15, 0.2) is 6.20 Å². The van der Waals surface area contributed by atoms with Crippen molar-refractivity contribution in [2.75, 3.05) is 24.3 Å². The average molecular weight is 213 g/mol. The molecule has 1 aliphatic rings. The molecule has 0 spiro atoms. The van der Waals surface area contributed by atoms with Crippen molar-refractivity contribution < 1.29 is 0 Å². The molecule has 1 aliphatic carbocycles. The summed E-state index contributed by atoms with van der Waals surface area (Å²) < 4.78 is 0. The van der Waals surface area contributed by atoms with Crippen LogP contribution in [0.5, 0.6) is 0 Å². The molecule has 76 valence electrons. The van der Waals surface area contributed by atoms with Gasteiger partial charge in [-0.15, -0.1) is 0 Å². The highest BCUT2D eigenvalue weighted by Crippen LogP contribution is 2.32. The van der Waals surface area contributed by atoms with E-state index in [0.29, 0.717) is 17.0 Å². The molecule has 0 amide bonds. The van der Waals surface area contributed by atoms with Gasteiger partial charge in [0.25, 0.3) is 0 Å². The van der Waals surface area contributed by atoms with E-state index in [0.717, 1.165) is 5.82 Å². The van der Waals surface area contributed by atoms with Gasteiger partial charge in [-0.3, -0.25) is 0 Å². The summed E-state index contributed by atoms with van der Waals surface area (Å²) in [6.07, 6.45) is 4.09. The number of nitrogens with zero attached hydrogens (tertiary/aromatic N) is 3. The van der Waals surface area contributed by atoms with Gasteiger partial charge in [-0.1, -0.05) is 11.6 Å². The molecule has 1 aromatic heterocycles. The summed E-state index contributed by atoms with van der Waals surface area (Å²) in [5.74, 6) is 1.42. The highest BCUT2D eigenvalue weighted by atomic mass is 35.5. The molecular formula is C9H13ClN4. The standard InChI is InChI=1S/C9H13ClN4/c1-11-9-12-5-7(10)8(13-9)14(2)6-3-4-6/h5-6H,3-4H2,1-2H3,(H,11,12,13). The fourth-order valence-corrected chi connectivity index (χ4v) is 1.59. The molecule has 14 heavy (non-hydrogen) atoms. The molecule has 1 N–H and O–H groups in total. The monoisotopic (exact) mass is 212 g/mol. The Kier molecular flexibility index (Phi) is 2.46. The zero-order chi connectivity index (χ0) is 10.1. The van der Waals surface area contributed by atoms with E-state index in [9.17, 15) is 0 Å². The molecule has 0 atom stereocenters. The Labute approximate surface area is 88.3 Å². The van der Waals surface area contributed by atoms with Crippen LogP contribution in [0.25, 0.3) is 0 Å². The minimum Gasteiger partial charge on any atom is -0.357 e. The highest BCUT2D eigenvalue weighted by molar-refractivity contribution is 6.32. The number of aromatic nitrogens is 2. The predicted molar refractivity (Wildman–Crippen MR) is 58.0 cm³/mol. The maximum Gasteiger partial charge on any atom is 0.224 e. The van der Waals surface area contributed by atoms with Gasteiger partial charge in [0.05, 0.1) is 6.20 Å². The summed E-state index contributed by atoms with van der Waals surface area (Å²) in [7, 11) is 3.81. The Morgan fingerprint density at radius 2 is 2.29 bits per heavy atom. The van der Waals surface area contributed by atoms with Gasteiger partial charge < -0.3 is 10.2 Å². The lowest BCUT2D eigenvalue weighted by molar-refractivity contribution is 0.887. The van der Waals surface area contributed by atoms with Crippen LogP contribution in [0, 0.1) is 0 Å². The molecule has 0 aliphatic heterocycles. The van der Waals surface area contributed by atoms with Crippen molar-refractivity contribution in [3.8, 4) is 0 Å². The molecule has 0 unspecified atom stereocenters. The lowest BCUT2D eigenvalue weighted by Gasteiger charge is -2.18. The van der Waals surface area contributed by atoms with Crippen molar-refractivity contribution in [1.29, 1.82) is 0 Å². The number of rotatable bonds is 3. The maximum atomic E-state index is 6.03. The molecule has 4 nitrogen and oxygen atoms in total. The highest BCUT2D eigenvalue weighted by Gasteiger charge is 2.28. The largest absolute Gasteiger partial charge is 0.357 e. The van der Waals surface area contributed by atoms with Crippen molar-refractivity contribution in [3.63, 3.8) is 0 Å². The molecule has 0 aromatic carbocycles. The SMILES string of the molecule is CNc1ncc(Cl)c(N(C)C2CC2)n1. The molecule has 1 fully saturated rings. The molecule has 1 aromatic rings. The quantitative estimate of drug-likeness (QED) is 0.829. The molecule has 0 saturated heterocycles. The molecule has 0 radical (unpaired) electrons. The van der Waals surface area contributed by atoms with Crippen molar-refractivity contribution in [1.82, 2.24) is 9.97 Å². The van der Waals surface area contributed by atoms with E-state index in [1.807, 2.05) is 7.05 Å². The molecule has 1 saturated carbocycles. The van der Waals surface area contributed by atoms with E-state index < -0.39 is 0 Å². The van der Waals surface area contributed by atoms with Crippen molar-refractivity contribution in [3.05, 3.63) is 11.2 Å². The van der Waals surface area contributed by atoms with Crippen molar-refractivity contribution in [2.24, 2.45) is 0 Å². The fourth-order valence-electron chi connectivity index (χ4n) is 1.36. The van der Waals surface area contributed by atoms with Crippen LogP contribution in [0.1, 0.15) is 12.8 Å². The Balaban J connectivity index is 2.29. The van der Waals surface area contributed by atoms with Crippen LogP contribution in [-0.2, 0) is 0 Å². The Morgan fingerprint density at radius 1 is 1.57 bits per heavy atom. The number of anilines is 2. The van der Waals surface area contributed by atoms with Gasteiger partial charge in [-0.05, 0) is 12.8 Å². The van der Waals surface area contributed by atoms with E-state index in [1.54, 1.807) is 13.2 Å². The molecule has 5 heteroatoms. The summed E-state index contributed by atoms with van der Waals surface area (Å²) in [6.45, 7) is 0. The fraction of sp³-hybridized carbons (Fsp3) is 0.556. The minimum absolute atomic E-state index is 0.604. The van der Waals surface area contributed by atoms with Crippen LogP contribution in [0.3, 0.4) is 0 Å². The number of hydrogen-bond acceptors (Lipinski definition) is 4. The van der Waals surface area contributed by atoms with E-state index >= 15 is 0 Å². The smallest absolute Gasteiger partial charge is 0.224 e. The zero-order valence-corrected chi connectivity index (χ0v) is 9.04. The third-order valence-corrected chi connectivity index (χ3v) is 2.64. The van der Waals surface area contributed by atoms with E-state index in [4.69, 9.17) is 11.6 Å². The number of hydrogen-bond donors (Lipinski definition) is 1. The summed E-state index contributed by atoms with van der Waals surface area (Å²) in [6, 6.07) is 0.604. The normalized spacial score (nSPS) is 15.4. The van der Waals surface area contributed by atoms with Gasteiger partial charge in [0.1, 0.15) is 5.02 Å². The zero-order valence-electron chi connectivity index (χ0n) is 8.29. The Morgan fingerprint density at radius 3 is 2.86 bits per heavy atom. The third-order valence-electron chi connectivity index (χ3n) is 2.38. The van der Waals surface area contributed by atoms with Crippen molar-refractivity contribution >= 4 is 23.4 Å². The molecule has 0 bridgehead atoms. The second-order valence-electron chi connectivity index (χ2n) is 3.46. The third kappa shape index (κ3) is 1.75. The molecular weight excluding hydrogens is 200 g/mol. The van der Waals surface area contributed by atoms with Crippen LogP contribution >= 0.6 is 11.6 Å². The van der Waals surface area contributed by atoms with Gasteiger partial charge in [0.15, 0.2) is 5.82 Å². The second kappa shape index (κ2) is 3.61. The minimum atomic E-state index is 0.604. The topological polar surface area (TPSA) is 41.1 Å². The Bertz CT molecular complexity index is 338. The van der Waals surface area contributed by atoms with Crippen LogP contribution in [0.2, 0.25) is 5.02 Å². The van der Waals surface area contributed by atoms with Gasteiger partial charge in [-0.2, -0.15) is 4.98 Å². The summed E-state index contributed by atoms with van der Waals surface area (Å²) in [5, 5.41) is 3.51. The first kappa shape index (κ1) is 9.52. The summed E-state index contributed by atoms with van der Waals surface area (Å²) in [5.41, 5.74) is 0. The maximum absolute atomic E-state index is 6.03. The van der Waals surface area contributed by atoms with E-state index in [1.165, 1.54) is 12.8 Å². The van der Waals surface area contributed by atoms with Gasteiger partial charge >= 0.3 is 0 Å². The first-order chi connectivity index (χ1) is 6.72. The van der Waals surface area contributed by atoms with Crippen LogP contribution < -0.4 is 10.2 Å². The van der Waals surface area contributed by atoms with Crippen LogP contribution in [-0.4, -0.2) is 30.1 Å². The lowest BCUT2D eigenvalue weighted by Crippen LogP contribution is -2.21. The van der Waals surface area contributed by atoms with E-state index in [-0.39, 0.29) is 0 Å². The predicted octanol–water partition coefficient (Wildman–Crippen LogP) is 1.77. The van der Waals surface area contributed by atoms with Gasteiger partial charge in [0, 0.05) is 20.1 Å². The van der Waals surface area contributed by atoms with Crippen LogP contribution in [0.4, 0.5) is 11.8 Å². The molecule has 1 heterocycles. The summed E-state index contributed by atoms with van der Waals surface area (Å²) >= 11 is 6.03. The number of nitrogens with one attached hydrogen (secondary N) is 1. The van der Waals surface area contributed by atoms with E-state index in [2.05, 4.69) is 20.2 Å².